The molecule has 10 nitrogen and oxygen atoms in total. The van der Waals surface area contributed by atoms with Gasteiger partial charge < -0.3 is 19.4 Å². The lowest BCUT2D eigenvalue weighted by Gasteiger charge is -2.19. The second-order valence-corrected chi connectivity index (χ2v) is 9.09. The number of halogens is 1. The molecule has 0 saturated carbocycles. The summed E-state index contributed by atoms with van der Waals surface area (Å²) >= 11 is 1.08. The normalized spacial score (nSPS) is 12.6. The molecule has 0 saturated heterocycles. The summed E-state index contributed by atoms with van der Waals surface area (Å²) in [4.78, 5) is 42.6. The third-order valence-electron chi connectivity index (χ3n) is 5.76. The summed E-state index contributed by atoms with van der Waals surface area (Å²) < 4.78 is 29.3. The molecule has 3 heterocycles. The lowest BCUT2D eigenvalue weighted by molar-refractivity contribution is -0.113. The van der Waals surface area contributed by atoms with Crippen molar-refractivity contribution in [3.63, 3.8) is 0 Å². The Kier molecular flexibility index (Phi) is 6.27. The van der Waals surface area contributed by atoms with E-state index in [0.29, 0.717) is 41.1 Å². The molecule has 12 heteroatoms. The number of imidazole rings is 1. The molecule has 4 aromatic rings. The van der Waals surface area contributed by atoms with E-state index in [9.17, 15) is 18.8 Å². The number of ether oxygens (including phenoxy) is 2. The molecule has 0 fully saturated rings. The van der Waals surface area contributed by atoms with E-state index in [1.54, 1.807) is 36.4 Å². The van der Waals surface area contributed by atoms with E-state index in [1.165, 1.54) is 29.3 Å². The van der Waals surface area contributed by atoms with Crippen molar-refractivity contribution in [2.24, 2.45) is 14.1 Å². The number of anilines is 1. The van der Waals surface area contributed by atoms with Gasteiger partial charge in [-0.2, -0.15) is 0 Å². The zero-order valence-corrected chi connectivity index (χ0v) is 20.3. The number of benzene rings is 2. The van der Waals surface area contributed by atoms with E-state index in [1.807, 2.05) is 0 Å². The fourth-order valence-electron chi connectivity index (χ4n) is 3.93. The van der Waals surface area contributed by atoms with Crippen LogP contribution in [-0.2, 0) is 25.4 Å². The third kappa shape index (κ3) is 4.35. The first-order valence-electron chi connectivity index (χ1n) is 11.1. The van der Waals surface area contributed by atoms with E-state index >= 15 is 0 Å². The van der Waals surface area contributed by atoms with Gasteiger partial charge in [-0.15, -0.1) is 0 Å². The van der Waals surface area contributed by atoms with Crippen LogP contribution in [-0.4, -0.2) is 43.6 Å². The summed E-state index contributed by atoms with van der Waals surface area (Å²) in [6.45, 7) is 0.904. The topological polar surface area (TPSA) is 109 Å². The Morgan fingerprint density at radius 2 is 1.83 bits per heavy atom. The zero-order chi connectivity index (χ0) is 25.4. The van der Waals surface area contributed by atoms with Crippen LogP contribution in [0.5, 0.6) is 11.5 Å². The maximum atomic E-state index is 14.5. The Morgan fingerprint density at radius 3 is 2.61 bits per heavy atom. The van der Waals surface area contributed by atoms with E-state index in [0.717, 1.165) is 16.3 Å². The van der Waals surface area contributed by atoms with Crippen LogP contribution < -0.4 is 26.0 Å². The third-order valence-corrected chi connectivity index (χ3v) is 6.73. The molecule has 0 bridgehead atoms. The van der Waals surface area contributed by atoms with Crippen molar-refractivity contribution in [1.82, 2.24) is 18.7 Å². The quantitative estimate of drug-likeness (QED) is 0.395. The number of fused-ring (bicyclic) bond motifs is 2. The molecule has 186 valence electrons. The number of hydrogen-bond donors (Lipinski definition) is 1. The molecule has 0 spiro atoms. The van der Waals surface area contributed by atoms with Gasteiger partial charge in [0.05, 0.1) is 12.3 Å². The molecule has 1 aliphatic heterocycles. The monoisotopic (exact) mass is 511 g/mol. The molecule has 2 aromatic heterocycles. The molecule has 0 atom stereocenters. The minimum atomic E-state index is -0.551. The number of hydrogen-bond acceptors (Lipinski definition) is 7. The van der Waals surface area contributed by atoms with Crippen LogP contribution >= 0.6 is 11.8 Å². The lowest BCUT2D eigenvalue weighted by Crippen LogP contribution is -2.37. The number of rotatable bonds is 6. The maximum Gasteiger partial charge on any atom is 0.332 e. The number of carbonyl (C=O) groups excluding carboxylic acids is 1. The maximum absolute atomic E-state index is 14.5. The van der Waals surface area contributed by atoms with Crippen molar-refractivity contribution in [3.05, 3.63) is 74.7 Å². The van der Waals surface area contributed by atoms with Crippen LogP contribution in [0.1, 0.15) is 5.56 Å². The summed E-state index contributed by atoms with van der Waals surface area (Å²) in [5, 5.41) is 3.11. The van der Waals surface area contributed by atoms with Crippen LogP contribution in [0.25, 0.3) is 11.2 Å². The lowest BCUT2D eigenvalue weighted by atomic mass is 10.2. The van der Waals surface area contributed by atoms with Crippen LogP contribution in [0.2, 0.25) is 0 Å². The predicted octanol–water partition coefficient (Wildman–Crippen LogP) is 2.12. The SMILES string of the molecule is Cn1c(=O)c2c(nc(SCC(=O)Nc3ccc4c(c3)OCCO4)n2Cc2ccccc2F)n(C)c1=O. The van der Waals surface area contributed by atoms with Crippen molar-refractivity contribution in [2.75, 3.05) is 24.3 Å². The van der Waals surface area contributed by atoms with Gasteiger partial charge in [0, 0.05) is 31.4 Å². The predicted molar refractivity (Wildman–Crippen MR) is 133 cm³/mol. The molecule has 0 aliphatic carbocycles. The minimum Gasteiger partial charge on any atom is -0.486 e. The number of amides is 1. The number of nitrogens with zero attached hydrogens (tertiary/aromatic N) is 4. The van der Waals surface area contributed by atoms with Crippen molar-refractivity contribution in [1.29, 1.82) is 0 Å². The van der Waals surface area contributed by atoms with E-state index in [-0.39, 0.29) is 29.4 Å². The number of nitrogens with one attached hydrogen (secondary N) is 1. The molecule has 0 unspecified atom stereocenters. The van der Waals surface area contributed by atoms with Crippen LogP contribution in [0.3, 0.4) is 0 Å². The van der Waals surface area contributed by atoms with Crippen molar-refractivity contribution >= 4 is 34.5 Å². The van der Waals surface area contributed by atoms with Gasteiger partial charge >= 0.3 is 5.69 Å². The molecule has 1 aliphatic rings. The van der Waals surface area contributed by atoms with Gasteiger partial charge in [-0.25, -0.2) is 14.2 Å². The highest BCUT2D eigenvalue weighted by Gasteiger charge is 2.21. The van der Waals surface area contributed by atoms with Crippen molar-refractivity contribution in [2.45, 2.75) is 11.7 Å². The van der Waals surface area contributed by atoms with Gasteiger partial charge in [-0.1, -0.05) is 30.0 Å². The first-order valence-corrected chi connectivity index (χ1v) is 12.0. The van der Waals surface area contributed by atoms with Crippen molar-refractivity contribution in [3.8, 4) is 11.5 Å². The standard InChI is InChI=1S/C24H22FN5O5S/c1-28-21-20(22(32)29(2)24(28)33)30(12-14-5-3-4-6-16(14)25)23(27-21)36-13-19(31)26-15-7-8-17-18(11-15)35-10-9-34-17/h3-8,11H,9-10,12-13H2,1-2H3,(H,26,31). The van der Waals surface area contributed by atoms with Gasteiger partial charge in [0.1, 0.15) is 19.0 Å². The van der Waals surface area contributed by atoms with Gasteiger partial charge in [0.25, 0.3) is 5.56 Å². The van der Waals surface area contributed by atoms with Crippen LogP contribution in [0.15, 0.2) is 57.2 Å². The number of aromatic nitrogens is 4. The second kappa shape index (κ2) is 9.53. The van der Waals surface area contributed by atoms with Crippen molar-refractivity contribution < 1.29 is 18.7 Å². The van der Waals surface area contributed by atoms with E-state index in [4.69, 9.17) is 9.47 Å². The highest BCUT2D eigenvalue weighted by molar-refractivity contribution is 7.99. The summed E-state index contributed by atoms with van der Waals surface area (Å²) in [5.41, 5.74) is 0.114. The Morgan fingerprint density at radius 1 is 1.08 bits per heavy atom. The Bertz CT molecular complexity index is 1610. The molecular formula is C24H22FN5O5S. The summed E-state index contributed by atoms with van der Waals surface area (Å²) in [6.07, 6.45) is 0. The Balaban J connectivity index is 1.45. The Hall–Kier alpha value is -4.06. The highest BCUT2D eigenvalue weighted by Crippen LogP contribution is 2.32. The summed E-state index contributed by atoms with van der Waals surface area (Å²) in [5.74, 6) is 0.373. The van der Waals surface area contributed by atoms with Crippen LogP contribution in [0, 0.1) is 5.82 Å². The molecule has 2 aromatic carbocycles. The fraction of sp³-hybridized carbons (Fsp3) is 0.250. The first-order chi connectivity index (χ1) is 17.3. The molecular weight excluding hydrogens is 489 g/mol. The summed E-state index contributed by atoms with van der Waals surface area (Å²) in [6, 6.07) is 11.3. The average Bonchev–Trinajstić information content (AvgIpc) is 3.24. The van der Waals surface area contributed by atoms with Crippen LogP contribution in [0.4, 0.5) is 10.1 Å². The second-order valence-electron chi connectivity index (χ2n) is 8.15. The fourth-order valence-corrected chi connectivity index (χ4v) is 4.72. The van der Waals surface area contributed by atoms with Gasteiger partial charge in [0.2, 0.25) is 5.91 Å². The average molecular weight is 512 g/mol. The van der Waals surface area contributed by atoms with E-state index < -0.39 is 17.1 Å². The number of carbonyl (C=O) groups is 1. The summed E-state index contributed by atoms with van der Waals surface area (Å²) in [7, 11) is 2.88. The van der Waals surface area contributed by atoms with E-state index in [2.05, 4.69) is 10.3 Å². The molecule has 0 radical (unpaired) electrons. The van der Waals surface area contributed by atoms with Gasteiger partial charge in [-0.05, 0) is 18.2 Å². The minimum absolute atomic E-state index is 0.00271. The zero-order valence-electron chi connectivity index (χ0n) is 19.5. The molecule has 1 amide bonds. The molecule has 5 rings (SSSR count). The number of aryl methyl sites for hydroxylation is 1. The molecule has 36 heavy (non-hydrogen) atoms. The smallest absolute Gasteiger partial charge is 0.332 e. The molecule has 1 N–H and O–H groups in total. The highest BCUT2D eigenvalue weighted by atomic mass is 32.2. The van der Waals surface area contributed by atoms with Gasteiger partial charge in [0.15, 0.2) is 27.8 Å². The Labute approximate surface area is 208 Å². The number of thioether (sulfide) groups is 1. The first kappa shape index (κ1) is 23.7. The largest absolute Gasteiger partial charge is 0.486 e. The van der Waals surface area contributed by atoms with Gasteiger partial charge in [-0.3, -0.25) is 18.7 Å².